The molecule has 0 bridgehead atoms. The Balaban J connectivity index is 1.47. The van der Waals surface area contributed by atoms with E-state index in [0.717, 1.165) is 16.0 Å². The van der Waals surface area contributed by atoms with Gasteiger partial charge in [0.25, 0.3) is 11.8 Å². The fourth-order valence-corrected chi connectivity index (χ4v) is 4.11. The summed E-state index contributed by atoms with van der Waals surface area (Å²) in [5.74, 6) is 4.65. The van der Waals surface area contributed by atoms with Crippen LogP contribution in [-0.4, -0.2) is 27.9 Å². The maximum atomic E-state index is 12.6. The Bertz CT molecular complexity index is 1210. The Labute approximate surface area is 176 Å². The number of rotatable bonds is 4. The lowest BCUT2D eigenvalue weighted by Gasteiger charge is -2.10. The standard InChI is InChI=1S/C21H17N5O3S/c1-2-4-19(27)23-14-6-3-5-12(7-14)15-9-18(26-25-15)24-21(29)17-8-13-11-22-20(28)10-16(13)30-17/h3,5-9H,10-11H2,1H3,(H,22,28)(H,23,27)(H2,24,25,26,29). The Morgan fingerprint density at radius 3 is 2.90 bits per heavy atom. The predicted molar refractivity (Wildman–Crippen MR) is 114 cm³/mol. The topological polar surface area (TPSA) is 116 Å². The van der Waals surface area contributed by atoms with Gasteiger partial charge in [-0.1, -0.05) is 18.1 Å². The number of amides is 3. The number of anilines is 2. The second-order valence-corrected chi connectivity index (χ2v) is 7.68. The van der Waals surface area contributed by atoms with Crippen LogP contribution in [0.5, 0.6) is 0 Å². The van der Waals surface area contributed by atoms with Crippen LogP contribution in [0.25, 0.3) is 11.3 Å². The van der Waals surface area contributed by atoms with Crippen LogP contribution in [-0.2, 0) is 22.6 Å². The molecule has 0 fully saturated rings. The van der Waals surface area contributed by atoms with Crippen molar-refractivity contribution in [1.82, 2.24) is 15.5 Å². The molecule has 1 aromatic carbocycles. The maximum Gasteiger partial charge on any atom is 0.300 e. The van der Waals surface area contributed by atoms with E-state index in [2.05, 4.69) is 38.0 Å². The minimum atomic E-state index is -0.386. The summed E-state index contributed by atoms with van der Waals surface area (Å²) in [5.41, 5.74) is 3.05. The van der Waals surface area contributed by atoms with Crippen LogP contribution < -0.4 is 16.0 Å². The van der Waals surface area contributed by atoms with Gasteiger partial charge in [0.05, 0.1) is 17.0 Å². The minimum absolute atomic E-state index is 0.0339. The predicted octanol–water partition coefficient (Wildman–Crippen LogP) is 2.52. The SMILES string of the molecule is CC#CC(=O)Nc1cccc(-c2cc(NC(=O)c3cc4c(s3)CC(=O)NC4)n[nH]2)c1. The fourth-order valence-electron chi connectivity index (χ4n) is 3.03. The van der Waals surface area contributed by atoms with Gasteiger partial charge in [-0.05, 0) is 36.6 Å². The van der Waals surface area contributed by atoms with E-state index in [1.165, 1.54) is 11.3 Å². The first-order valence-electron chi connectivity index (χ1n) is 9.11. The zero-order valence-corrected chi connectivity index (χ0v) is 16.8. The molecular weight excluding hydrogens is 402 g/mol. The van der Waals surface area contributed by atoms with Gasteiger partial charge in [0.15, 0.2) is 5.82 Å². The molecule has 9 heteroatoms. The average molecular weight is 419 g/mol. The molecule has 2 aromatic heterocycles. The second-order valence-electron chi connectivity index (χ2n) is 6.54. The van der Waals surface area contributed by atoms with Gasteiger partial charge in [0.2, 0.25) is 5.91 Å². The molecule has 3 heterocycles. The molecule has 4 N–H and O–H groups in total. The molecule has 0 spiro atoms. The van der Waals surface area contributed by atoms with Crippen LogP contribution in [0.2, 0.25) is 0 Å². The van der Waals surface area contributed by atoms with E-state index in [9.17, 15) is 14.4 Å². The van der Waals surface area contributed by atoms with E-state index < -0.39 is 0 Å². The molecule has 3 aromatic rings. The summed E-state index contributed by atoms with van der Waals surface area (Å²) >= 11 is 1.32. The molecule has 8 nitrogen and oxygen atoms in total. The summed E-state index contributed by atoms with van der Waals surface area (Å²) in [5, 5.41) is 15.3. The lowest BCUT2D eigenvalue weighted by Crippen LogP contribution is -2.28. The normalized spacial score (nSPS) is 12.2. The van der Waals surface area contributed by atoms with Crippen LogP contribution in [0.4, 0.5) is 11.5 Å². The van der Waals surface area contributed by atoms with Crippen molar-refractivity contribution in [2.45, 2.75) is 19.9 Å². The van der Waals surface area contributed by atoms with Crippen molar-refractivity contribution in [2.75, 3.05) is 10.6 Å². The summed E-state index contributed by atoms with van der Waals surface area (Å²) < 4.78 is 0. The number of aromatic amines is 1. The number of fused-ring (bicyclic) bond motifs is 1. The van der Waals surface area contributed by atoms with Crippen molar-refractivity contribution in [3.05, 3.63) is 51.7 Å². The summed E-state index contributed by atoms with van der Waals surface area (Å²) in [6.45, 7) is 2.04. The highest BCUT2D eigenvalue weighted by atomic mass is 32.1. The molecule has 3 amide bonds. The van der Waals surface area contributed by atoms with Crippen LogP contribution >= 0.6 is 11.3 Å². The quantitative estimate of drug-likeness (QED) is 0.486. The number of nitrogens with zero attached hydrogens (tertiary/aromatic N) is 1. The van der Waals surface area contributed by atoms with Gasteiger partial charge in [-0.25, -0.2) is 0 Å². The second kappa shape index (κ2) is 8.23. The maximum absolute atomic E-state index is 12.6. The van der Waals surface area contributed by atoms with Gasteiger partial charge in [-0.15, -0.1) is 11.3 Å². The molecule has 150 valence electrons. The Hall–Kier alpha value is -3.90. The zero-order chi connectivity index (χ0) is 21.1. The third-order valence-corrected chi connectivity index (χ3v) is 5.58. The molecule has 0 radical (unpaired) electrons. The van der Waals surface area contributed by atoms with Gasteiger partial charge in [0, 0.05) is 28.7 Å². The van der Waals surface area contributed by atoms with Crippen molar-refractivity contribution in [1.29, 1.82) is 0 Å². The molecule has 0 aliphatic carbocycles. The molecule has 30 heavy (non-hydrogen) atoms. The third kappa shape index (κ3) is 4.24. The Kier molecular flexibility index (Phi) is 5.32. The lowest BCUT2D eigenvalue weighted by atomic mass is 10.1. The van der Waals surface area contributed by atoms with Gasteiger partial charge in [-0.2, -0.15) is 5.10 Å². The number of H-pyrrole nitrogens is 1. The monoisotopic (exact) mass is 419 g/mol. The minimum Gasteiger partial charge on any atom is -0.352 e. The van der Waals surface area contributed by atoms with Crippen molar-refractivity contribution >= 4 is 40.6 Å². The Morgan fingerprint density at radius 1 is 1.20 bits per heavy atom. The lowest BCUT2D eigenvalue weighted by molar-refractivity contribution is -0.121. The fraction of sp³-hybridized carbons (Fsp3) is 0.143. The van der Waals surface area contributed by atoms with Gasteiger partial charge in [0.1, 0.15) is 0 Å². The number of aromatic nitrogens is 2. The van der Waals surface area contributed by atoms with Crippen molar-refractivity contribution < 1.29 is 14.4 Å². The number of hydrogen-bond donors (Lipinski definition) is 4. The molecule has 1 aliphatic heterocycles. The summed E-state index contributed by atoms with van der Waals surface area (Å²) in [7, 11) is 0. The largest absolute Gasteiger partial charge is 0.352 e. The highest BCUT2D eigenvalue weighted by Crippen LogP contribution is 2.27. The van der Waals surface area contributed by atoms with E-state index in [-0.39, 0.29) is 17.7 Å². The van der Waals surface area contributed by atoms with Crippen molar-refractivity contribution in [2.24, 2.45) is 0 Å². The molecule has 0 saturated heterocycles. The van der Waals surface area contributed by atoms with Crippen LogP contribution in [0, 0.1) is 11.8 Å². The molecule has 4 rings (SSSR count). The number of carbonyl (C=O) groups is 3. The van der Waals surface area contributed by atoms with Crippen LogP contribution in [0.15, 0.2) is 36.4 Å². The first-order chi connectivity index (χ1) is 14.5. The molecular formula is C21H17N5O3S. The zero-order valence-electron chi connectivity index (χ0n) is 16.0. The highest BCUT2D eigenvalue weighted by Gasteiger charge is 2.21. The highest BCUT2D eigenvalue weighted by molar-refractivity contribution is 7.14. The summed E-state index contributed by atoms with van der Waals surface area (Å²) in [6.07, 6.45) is 0.302. The van der Waals surface area contributed by atoms with Gasteiger partial charge < -0.3 is 16.0 Å². The molecule has 0 saturated carbocycles. The molecule has 0 unspecified atom stereocenters. The first kappa shape index (κ1) is 19.4. The van der Waals surface area contributed by atoms with E-state index in [1.54, 1.807) is 37.3 Å². The first-order valence-corrected chi connectivity index (χ1v) is 9.92. The van der Waals surface area contributed by atoms with E-state index in [4.69, 9.17) is 0 Å². The number of thiophene rings is 1. The molecule has 1 aliphatic rings. The smallest absolute Gasteiger partial charge is 0.300 e. The number of nitrogens with one attached hydrogen (secondary N) is 4. The Morgan fingerprint density at radius 2 is 2.07 bits per heavy atom. The van der Waals surface area contributed by atoms with Crippen molar-refractivity contribution in [3.63, 3.8) is 0 Å². The van der Waals surface area contributed by atoms with E-state index in [1.807, 2.05) is 6.07 Å². The number of benzene rings is 1. The van der Waals surface area contributed by atoms with E-state index in [0.29, 0.717) is 35.0 Å². The number of carbonyl (C=O) groups excluding carboxylic acids is 3. The van der Waals surface area contributed by atoms with Gasteiger partial charge in [-0.3, -0.25) is 19.5 Å². The number of hydrogen-bond acceptors (Lipinski definition) is 5. The van der Waals surface area contributed by atoms with Crippen LogP contribution in [0.1, 0.15) is 27.0 Å². The van der Waals surface area contributed by atoms with E-state index >= 15 is 0 Å². The van der Waals surface area contributed by atoms with Gasteiger partial charge >= 0.3 is 0 Å². The molecule has 0 atom stereocenters. The summed E-state index contributed by atoms with van der Waals surface area (Å²) in [6, 6.07) is 10.7. The third-order valence-electron chi connectivity index (χ3n) is 4.41. The summed E-state index contributed by atoms with van der Waals surface area (Å²) in [4.78, 5) is 37.2. The van der Waals surface area contributed by atoms with Crippen LogP contribution in [0.3, 0.4) is 0 Å². The van der Waals surface area contributed by atoms with Crippen molar-refractivity contribution in [3.8, 4) is 23.1 Å². The average Bonchev–Trinajstić information content (AvgIpc) is 3.35.